The molecule has 0 saturated heterocycles. The molecule has 0 bridgehead atoms. The number of aromatic hydroxyl groups is 2. The van der Waals surface area contributed by atoms with Crippen molar-refractivity contribution < 1.29 is 14.7 Å². The number of phenolic OH excluding ortho intramolecular Hbond substituents is 2. The SMILES string of the molecule is Oc1cc2c(cc1O)C[N+](CCc1ccccc1)(Cc1ccccc1)C2. The van der Waals surface area contributed by atoms with Crippen molar-refractivity contribution >= 4 is 0 Å². The van der Waals surface area contributed by atoms with Gasteiger partial charge in [0.1, 0.15) is 19.6 Å². The fraction of sp³-hybridized carbons (Fsp3) is 0.217. The third-order valence-corrected chi connectivity index (χ3v) is 5.39. The molecule has 0 aromatic heterocycles. The summed E-state index contributed by atoms with van der Waals surface area (Å²) in [4.78, 5) is 0. The fourth-order valence-corrected chi connectivity index (χ4v) is 4.07. The van der Waals surface area contributed by atoms with E-state index >= 15 is 0 Å². The van der Waals surface area contributed by atoms with Gasteiger partial charge in [-0.2, -0.15) is 0 Å². The summed E-state index contributed by atoms with van der Waals surface area (Å²) in [5, 5.41) is 19.8. The second kappa shape index (κ2) is 6.85. The van der Waals surface area contributed by atoms with E-state index in [0.29, 0.717) is 0 Å². The summed E-state index contributed by atoms with van der Waals surface area (Å²) in [6, 6.07) is 24.6. The molecular weight excluding hydrogens is 322 g/mol. The van der Waals surface area contributed by atoms with Crippen LogP contribution in [-0.2, 0) is 26.1 Å². The normalized spacial score (nSPS) is 14.9. The van der Waals surface area contributed by atoms with Crippen molar-refractivity contribution in [3.63, 3.8) is 0 Å². The molecule has 1 heterocycles. The Balaban J connectivity index is 1.62. The van der Waals surface area contributed by atoms with Crippen molar-refractivity contribution in [3.05, 3.63) is 95.1 Å². The fourth-order valence-electron chi connectivity index (χ4n) is 4.07. The molecule has 26 heavy (non-hydrogen) atoms. The van der Waals surface area contributed by atoms with E-state index in [1.54, 1.807) is 12.1 Å². The van der Waals surface area contributed by atoms with Crippen LogP contribution in [0.3, 0.4) is 0 Å². The van der Waals surface area contributed by atoms with Gasteiger partial charge >= 0.3 is 0 Å². The summed E-state index contributed by atoms with van der Waals surface area (Å²) in [5.74, 6) is -0.0435. The van der Waals surface area contributed by atoms with Crippen LogP contribution >= 0.6 is 0 Å². The van der Waals surface area contributed by atoms with Crippen molar-refractivity contribution in [3.8, 4) is 11.5 Å². The van der Waals surface area contributed by atoms with Gasteiger partial charge in [-0.1, -0.05) is 60.7 Å². The highest BCUT2D eigenvalue weighted by molar-refractivity contribution is 5.46. The van der Waals surface area contributed by atoms with Gasteiger partial charge in [0.25, 0.3) is 0 Å². The third kappa shape index (κ3) is 3.44. The van der Waals surface area contributed by atoms with Gasteiger partial charge < -0.3 is 14.7 Å². The van der Waals surface area contributed by atoms with Crippen LogP contribution in [0.4, 0.5) is 0 Å². The highest BCUT2D eigenvalue weighted by Crippen LogP contribution is 2.38. The molecule has 0 radical (unpaired) electrons. The number of rotatable bonds is 5. The maximum atomic E-state index is 9.89. The first-order valence-corrected chi connectivity index (χ1v) is 9.10. The van der Waals surface area contributed by atoms with Crippen molar-refractivity contribution in [2.45, 2.75) is 26.1 Å². The first-order valence-electron chi connectivity index (χ1n) is 9.10. The maximum absolute atomic E-state index is 9.89. The molecule has 0 unspecified atom stereocenters. The van der Waals surface area contributed by atoms with Crippen LogP contribution in [-0.4, -0.2) is 21.2 Å². The van der Waals surface area contributed by atoms with Crippen LogP contribution in [0.1, 0.15) is 22.3 Å². The summed E-state index contributed by atoms with van der Waals surface area (Å²) < 4.78 is 0.914. The minimum atomic E-state index is -0.0217. The third-order valence-electron chi connectivity index (χ3n) is 5.39. The van der Waals surface area contributed by atoms with E-state index in [9.17, 15) is 10.2 Å². The summed E-state index contributed by atoms with van der Waals surface area (Å²) in [5.41, 5.74) is 4.95. The van der Waals surface area contributed by atoms with Gasteiger partial charge in [-0.05, 0) is 17.7 Å². The van der Waals surface area contributed by atoms with Gasteiger partial charge in [0.05, 0.1) is 6.54 Å². The molecule has 3 nitrogen and oxygen atoms in total. The van der Waals surface area contributed by atoms with Gasteiger partial charge in [-0.15, -0.1) is 0 Å². The lowest BCUT2D eigenvalue weighted by molar-refractivity contribution is -0.959. The molecule has 132 valence electrons. The predicted molar refractivity (Wildman–Crippen MR) is 103 cm³/mol. The standard InChI is InChI=1S/C23H23NO2/c25-22-13-20-16-24(17-21(20)14-23(22)26,15-19-9-5-2-6-10-19)12-11-18-7-3-1-4-8-18/h1-10,13-14H,11-12,15-17H2,(H-,25,26)/p+1. The quantitative estimate of drug-likeness (QED) is 0.532. The largest absolute Gasteiger partial charge is 0.504 e. The molecule has 1 aliphatic rings. The van der Waals surface area contributed by atoms with E-state index in [2.05, 4.69) is 54.6 Å². The molecule has 0 amide bonds. The molecule has 3 aromatic rings. The van der Waals surface area contributed by atoms with E-state index in [-0.39, 0.29) is 11.5 Å². The van der Waals surface area contributed by atoms with Gasteiger partial charge in [-0.25, -0.2) is 0 Å². The van der Waals surface area contributed by atoms with Gasteiger partial charge in [0.15, 0.2) is 11.5 Å². The molecule has 1 aliphatic heterocycles. The lowest BCUT2D eigenvalue weighted by Crippen LogP contribution is -2.43. The number of nitrogens with zero attached hydrogens (tertiary/aromatic N) is 1. The van der Waals surface area contributed by atoms with Crippen molar-refractivity contribution in [1.29, 1.82) is 0 Å². The van der Waals surface area contributed by atoms with E-state index in [0.717, 1.165) is 48.2 Å². The van der Waals surface area contributed by atoms with Crippen LogP contribution in [0.2, 0.25) is 0 Å². The topological polar surface area (TPSA) is 40.5 Å². The average molecular weight is 346 g/mol. The molecule has 3 heteroatoms. The van der Waals surface area contributed by atoms with Gasteiger partial charge in [-0.3, -0.25) is 0 Å². The Morgan fingerprint density at radius 2 is 1.19 bits per heavy atom. The number of phenols is 2. The van der Waals surface area contributed by atoms with E-state index in [1.807, 2.05) is 6.07 Å². The minimum Gasteiger partial charge on any atom is -0.504 e. The lowest BCUT2D eigenvalue weighted by atomic mass is 10.1. The van der Waals surface area contributed by atoms with Crippen LogP contribution < -0.4 is 0 Å². The zero-order valence-electron chi connectivity index (χ0n) is 14.8. The maximum Gasteiger partial charge on any atom is 0.157 e. The molecule has 0 aliphatic carbocycles. The number of hydrogen-bond acceptors (Lipinski definition) is 2. The molecule has 0 saturated carbocycles. The Morgan fingerprint density at radius 3 is 1.73 bits per heavy atom. The summed E-state index contributed by atoms with van der Waals surface area (Å²) in [6.45, 7) is 3.73. The molecule has 0 atom stereocenters. The number of hydrogen-bond donors (Lipinski definition) is 2. The Hall–Kier alpha value is -2.78. The van der Waals surface area contributed by atoms with Crippen LogP contribution in [0.15, 0.2) is 72.8 Å². The molecule has 3 aromatic carbocycles. The molecule has 0 spiro atoms. The highest BCUT2D eigenvalue weighted by Gasteiger charge is 2.36. The monoisotopic (exact) mass is 346 g/mol. The smallest absolute Gasteiger partial charge is 0.157 e. The Kier molecular flexibility index (Phi) is 4.39. The second-order valence-electron chi connectivity index (χ2n) is 7.37. The van der Waals surface area contributed by atoms with E-state index < -0.39 is 0 Å². The summed E-state index contributed by atoms with van der Waals surface area (Å²) in [6.07, 6.45) is 1.01. The van der Waals surface area contributed by atoms with Gasteiger partial charge in [0, 0.05) is 23.1 Å². The van der Waals surface area contributed by atoms with Crippen LogP contribution in [0, 0.1) is 0 Å². The van der Waals surface area contributed by atoms with Crippen molar-refractivity contribution in [1.82, 2.24) is 0 Å². The molecule has 0 fully saturated rings. The molecule has 4 rings (SSSR count). The molecular formula is C23H24NO2+. The lowest BCUT2D eigenvalue weighted by Gasteiger charge is -2.34. The van der Waals surface area contributed by atoms with Crippen LogP contribution in [0.5, 0.6) is 11.5 Å². The van der Waals surface area contributed by atoms with Crippen LogP contribution in [0.25, 0.3) is 0 Å². The zero-order valence-corrected chi connectivity index (χ0v) is 14.8. The summed E-state index contributed by atoms with van der Waals surface area (Å²) in [7, 11) is 0. The number of quaternary nitrogens is 1. The van der Waals surface area contributed by atoms with E-state index in [4.69, 9.17) is 0 Å². The first kappa shape index (κ1) is 16.7. The second-order valence-corrected chi connectivity index (χ2v) is 7.37. The number of fused-ring (bicyclic) bond motifs is 1. The van der Waals surface area contributed by atoms with Gasteiger partial charge in [0.2, 0.25) is 0 Å². The average Bonchev–Trinajstić information content (AvgIpc) is 2.99. The van der Waals surface area contributed by atoms with Crippen molar-refractivity contribution in [2.24, 2.45) is 0 Å². The minimum absolute atomic E-state index is 0.0217. The zero-order chi connectivity index (χ0) is 18.0. The summed E-state index contributed by atoms with van der Waals surface area (Å²) >= 11 is 0. The Labute approximate surface area is 154 Å². The Morgan fingerprint density at radius 1 is 0.692 bits per heavy atom. The first-order chi connectivity index (χ1) is 12.6. The van der Waals surface area contributed by atoms with E-state index in [1.165, 1.54) is 11.1 Å². The highest BCUT2D eigenvalue weighted by atomic mass is 16.3. The predicted octanol–water partition coefficient (Wildman–Crippen LogP) is 4.37. The number of benzene rings is 3. The molecule has 2 N–H and O–H groups in total. The van der Waals surface area contributed by atoms with Crippen molar-refractivity contribution in [2.75, 3.05) is 6.54 Å². The Bertz CT molecular complexity index is 860.